The van der Waals surface area contributed by atoms with Crippen LogP contribution in [-0.2, 0) is 12.8 Å². The molecular weight excluding hydrogens is 386 g/mol. The molecule has 31 heavy (non-hydrogen) atoms. The largest absolute Gasteiger partial charge is 0.474 e. The van der Waals surface area contributed by atoms with Crippen molar-refractivity contribution in [3.8, 4) is 11.6 Å². The summed E-state index contributed by atoms with van der Waals surface area (Å²) in [5, 5.41) is 9.30. The first-order chi connectivity index (χ1) is 15.1. The number of ether oxygens (including phenoxy) is 1. The third kappa shape index (κ3) is 5.31. The second-order valence-corrected chi connectivity index (χ2v) is 8.64. The number of likely N-dealkylation sites (N-methyl/N-ethyl adjacent to an activating group) is 1. The molecule has 0 unspecified atom stereocenters. The minimum atomic E-state index is 0.222. The van der Waals surface area contributed by atoms with Gasteiger partial charge >= 0.3 is 0 Å². The molecule has 2 aromatic heterocycles. The summed E-state index contributed by atoms with van der Waals surface area (Å²) >= 11 is 0. The molecule has 1 saturated carbocycles. The number of benzene rings is 1. The Bertz CT molecular complexity index is 944. The molecule has 1 fully saturated rings. The van der Waals surface area contributed by atoms with Gasteiger partial charge in [-0.2, -0.15) is 0 Å². The van der Waals surface area contributed by atoms with Crippen molar-refractivity contribution >= 4 is 0 Å². The molecule has 0 atom stereocenters. The predicted octanol–water partition coefficient (Wildman–Crippen LogP) is 4.43. The maximum Gasteiger partial charge on any atom is 0.213 e. The Morgan fingerprint density at radius 1 is 1.00 bits per heavy atom. The molecule has 0 bridgehead atoms. The highest BCUT2D eigenvalue weighted by Crippen LogP contribution is 2.35. The molecule has 0 amide bonds. The highest BCUT2D eigenvalue weighted by atomic mass is 16.5. The summed E-state index contributed by atoms with van der Waals surface area (Å²) < 4.78 is 8.39. The summed E-state index contributed by atoms with van der Waals surface area (Å²) in [5.74, 6) is 3.25. The second-order valence-electron chi connectivity index (χ2n) is 8.64. The zero-order valence-electron chi connectivity index (χ0n) is 18.9. The summed E-state index contributed by atoms with van der Waals surface area (Å²) in [6.45, 7) is 3.14. The minimum absolute atomic E-state index is 0.222. The van der Waals surface area contributed by atoms with Crippen LogP contribution in [0.4, 0.5) is 0 Å². The van der Waals surface area contributed by atoms with Crippen LogP contribution in [0.1, 0.15) is 55.7 Å². The van der Waals surface area contributed by atoms with Crippen molar-refractivity contribution in [1.29, 1.82) is 0 Å². The smallest absolute Gasteiger partial charge is 0.213 e. The summed E-state index contributed by atoms with van der Waals surface area (Å²) in [7, 11) is 4.20. The van der Waals surface area contributed by atoms with Crippen molar-refractivity contribution in [2.75, 3.05) is 20.6 Å². The second kappa shape index (κ2) is 10.1. The highest BCUT2D eigenvalue weighted by Gasteiger charge is 2.28. The van der Waals surface area contributed by atoms with E-state index in [0.29, 0.717) is 5.92 Å². The normalized spacial score (nSPS) is 19.0. The van der Waals surface area contributed by atoms with Crippen molar-refractivity contribution in [2.45, 2.75) is 57.5 Å². The van der Waals surface area contributed by atoms with E-state index in [-0.39, 0.29) is 6.10 Å². The topological polar surface area (TPSA) is 56.1 Å². The molecule has 0 radical (unpaired) electrons. The fourth-order valence-corrected chi connectivity index (χ4v) is 4.27. The molecule has 2 heterocycles. The molecular formula is C25H33N5O. The third-order valence-electron chi connectivity index (χ3n) is 6.11. The van der Waals surface area contributed by atoms with Gasteiger partial charge in [0.25, 0.3) is 0 Å². The van der Waals surface area contributed by atoms with Crippen LogP contribution in [0.15, 0.2) is 48.7 Å². The number of nitrogens with zero attached hydrogens (tertiary/aromatic N) is 5. The monoisotopic (exact) mass is 419 g/mol. The number of aryl methyl sites for hydroxylation is 1. The Balaban J connectivity index is 1.52. The number of hydrogen-bond donors (Lipinski definition) is 0. The zero-order valence-corrected chi connectivity index (χ0v) is 18.9. The van der Waals surface area contributed by atoms with Gasteiger partial charge in [-0.15, -0.1) is 10.2 Å². The van der Waals surface area contributed by atoms with E-state index in [1.165, 1.54) is 5.56 Å². The number of hydrogen-bond acceptors (Lipinski definition) is 5. The molecule has 1 aliphatic rings. The van der Waals surface area contributed by atoms with E-state index in [9.17, 15) is 0 Å². The van der Waals surface area contributed by atoms with Crippen molar-refractivity contribution < 1.29 is 4.74 Å². The lowest BCUT2D eigenvalue weighted by molar-refractivity contribution is 0.139. The van der Waals surface area contributed by atoms with Crippen molar-refractivity contribution in [3.05, 3.63) is 65.9 Å². The van der Waals surface area contributed by atoms with Gasteiger partial charge in [0.1, 0.15) is 17.8 Å². The Morgan fingerprint density at radius 2 is 1.77 bits per heavy atom. The Labute approximate surface area is 185 Å². The first-order valence-electron chi connectivity index (χ1n) is 11.4. The molecule has 0 N–H and O–H groups in total. The maximum atomic E-state index is 6.09. The molecule has 6 nitrogen and oxygen atoms in total. The lowest BCUT2D eigenvalue weighted by Crippen LogP contribution is -2.25. The van der Waals surface area contributed by atoms with Gasteiger partial charge in [-0.1, -0.05) is 25.1 Å². The van der Waals surface area contributed by atoms with Gasteiger partial charge in [0.05, 0.1) is 0 Å². The molecule has 0 spiro atoms. The van der Waals surface area contributed by atoms with Gasteiger partial charge in [0, 0.05) is 36.8 Å². The molecule has 164 valence electrons. The van der Waals surface area contributed by atoms with Gasteiger partial charge in [0.15, 0.2) is 0 Å². The lowest BCUT2D eigenvalue weighted by atomic mass is 9.86. The molecule has 0 aliphatic heterocycles. The molecule has 0 saturated heterocycles. The number of rotatable bonds is 8. The number of pyridine rings is 1. The van der Waals surface area contributed by atoms with Crippen molar-refractivity contribution in [1.82, 2.24) is 24.6 Å². The Morgan fingerprint density at radius 3 is 2.42 bits per heavy atom. The SMILES string of the molecule is CCc1ccc(-n2c(CCN(C)C)nnc2[C@H]2CC[C@H](Oc3ccccn3)CC2)cc1. The summed E-state index contributed by atoms with van der Waals surface area (Å²) in [5.41, 5.74) is 2.51. The molecule has 4 rings (SSSR count). The van der Waals surface area contributed by atoms with Crippen molar-refractivity contribution in [3.63, 3.8) is 0 Å². The molecule has 6 heteroatoms. The average molecular weight is 420 g/mol. The van der Waals surface area contributed by atoms with Crippen LogP contribution >= 0.6 is 0 Å². The van der Waals surface area contributed by atoms with E-state index in [2.05, 4.69) is 69.9 Å². The van der Waals surface area contributed by atoms with Crippen LogP contribution < -0.4 is 4.74 Å². The highest BCUT2D eigenvalue weighted by molar-refractivity contribution is 5.37. The van der Waals surface area contributed by atoms with E-state index < -0.39 is 0 Å². The quantitative estimate of drug-likeness (QED) is 0.540. The fraction of sp³-hybridized carbons (Fsp3) is 0.480. The van der Waals surface area contributed by atoms with E-state index >= 15 is 0 Å². The van der Waals surface area contributed by atoms with E-state index in [4.69, 9.17) is 4.74 Å². The van der Waals surface area contributed by atoms with Gasteiger partial charge in [-0.25, -0.2) is 4.98 Å². The van der Waals surface area contributed by atoms with Crippen LogP contribution in [0, 0.1) is 0 Å². The minimum Gasteiger partial charge on any atom is -0.474 e. The van der Waals surface area contributed by atoms with Gasteiger partial charge in [-0.05, 0) is 70.0 Å². The average Bonchev–Trinajstić information content (AvgIpc) is 3.23. The predicted molar refractivity (Wildman–Crippen MR) is 123 cm³/mol. The first-order valence-corrected chi connectivity index (χ1v) is 11.4. The lowest BCUT2D eigenvalue weighted by Gasteiger charge is -2.28. The molecule has 1 aromatic carbocycles. The van der Waals surface area contributed by atoms with Gasteiger partial charge in [-0.3, -0.25) is 4.57 Å². The van der Waals surface area contributed by atoms with Crippen molar-refractivity contribution in [2.24, 2.45) is 0 Å². The number of aromatic nitrogens is 4. The summed E-state index contributed by atoms with van der Waals surface area (Å²) in [6, 6.07) is 14.7. The van der Waals surface area contributed by atoms with Crippen LogP contribution in [0.5, 0.6) is 5.88 Å². The van der Waals surface area contributed by atoms with Crippen LogP contribution in [0.3, 0.4) is 0 Å². The van der Waals surface area contributed by atoms with Gasteiger partial charge in [0.2, 0.25) is 5.88 Å². The third-order valence-corrected chi connectivity index (χ3v) is 6.11. The molecule has 3 aromatic rings. The van der Waals surface area contributed by atoms with Crippen LogP contribution in [0.2, 0.25) is 0 Å². The van der Waals surface area contributed by atoms with Crippen LogP contribution in [-0.4, -0.2) is 51.4 Å². The first kappa shape index (κ1) is 21.5. The Kier molecular flexibility index (Phi) is 6.97. The van der Waals surface area contributed by atoms with E-state index in [1.54, 1.807) is 6.20 Å². The van der Waals surface area contributed by atoms with Gasteiger partial charge < -0.3 is 9.64 Å². The maximum absolute atomic E-state index is 6.09. The van der Waals surface area contributed by atoms with Crippen LogP contribution in [0.25, 0.3) is 5.69 Å². The fourth-order valence-electron chi connectivity index (χ4n) is 4.27. The standard InChI is InChI=1S/C25H33N5O/c1-4-19-8-12-21(13-9-19)30-23(16-18-29(2)3)27-28-25(30)20-10-14-22(15-11-20)31-24-7-5-6-17-26-24/h5-9,12-13,17,20,22H,4,10-11,14-16,18H2,1-3H3/t20-,22-. The summed E-state index contributed by atoms with van der Waals surface area (Å²) in [4.78, 5) is 6.50. The molecule has 1 aliphatic carbocycles. The van der Waals surface area contributed by atoms with E-state index in [1.807, 2.05) is 18.2 Å². The van der Waals surface area contributed by atoms with E-state index in [0.717, 1.165) is 68.3 Å². The Hall–Kier alpha value is -2.73. The zero-order chi connectivity index (χ0) is 21.6. The summed E-state index contributed by atoms with van der Waals surface area (Å²) in [6.07, 6.45) is 8.05.